The molecule has 1 fully saturated rings. The first-order chi connectivity index (χ1) is 7.70. The molecule has 0 bridgehead atoms. The van der Waals surface area contributed by atoms with Gasteiger partial charge in [0.2, 0.25) is 0 Å². The molecule has 0 spiro atoms. The van der Waals surface area contributed by atoms with Crippen LogP contribution in [0.4, 0.5) is 5.69 Å². The second-order valence-corrected chi connectivity index (χ2v) is 4.78. The van der Waals surface area contributed by atoms with Gasteiger partial charge in [0.05, 0.1) is 6.61 Å². The molecule has 0 amide bonds. The molecule has 0 radical (unpaired) electrons. The van der Waals surface area contributed by atoms with Gasteiger partial charge in [0.15, 0.2) is 0 Å². The average molecular weight is 220 g/mol. The lowest BCUT2D eigenvalue weighted by Crippen LogP contribution is -2.33. The van der Waals surface area contributed by atoms with Crippen LogP contribution in [-0.2, 0) is 6.61 Å². The molecule has 1 aliphatic heterocycles. The summed E-state index contributed by atoms with van der Waals surface area (Å²) in [6.45, 7) is 6.57. The quantitative estimate of drug-likeness (QED) is 0.829. The minimum absolute atomic E-state index is 0.0780. The highest BCUT2D eigenvalue weighted by Gasteiger charge is 2.18. The maximum Gasteiger partial charge on any atom is 0.0717 e. The first kappa shape index (κ1) is 11.4. The first-order valence-electron chi connectivity index (χ1n) is 6.02. The van der Waals surface area contributed by atoms with Crippen molar-refractivity contribution in [2.75, 3.05) is 18.0 Å². The minimum atomic E-state index is 0.0780. The van der Waals surface area contributed by atoms with Crippen molar-refractivity contribution in [1.29, 1.82) is 0 Å². The number of aliphatic hydroxyl groups is 1. The highest BCUT2D eigenvalue weighted by atomic mass is 16.3. The Morgan fingerprint density at radius 2 is 2.12 bits per heavy atom. The van der Waals surface area contributed by atoms with Gasteiger partial charge in [-0.3, -0.25) is 4.98 Å². The van der Waals surface area contributed by atoms with Crippen LogP contribution in [0.5, 0.6) is 0 Å². The van der Waals surface area contributed by atoms with Crippen molar-refractivity contribution in [3.05, 3.63) is 23.5 Å². The van der Waals surface area contributed by atoms with Crippen LogP contribution in [0, 0.1) is 12.8 Å². The summed E-state index contributed by atoms with van der Waals surface area (Å²) in [4.78, 5) is 6.61. The second kappa shape index (κ2) is 4.83. The van der Waals surface area contributed by atoms with E-state index in [0.29, 0.717) is 0 Å². The third-order valence-corrected chi connectivity index (χ3v) is 3.39. The van der Waals surface area contributed by atoms with Gasteiger partial charge in [-0.1, -0.05) is 6.92 Å². The number of aliphatic hydroxyl groups excluding tert-OH is 1. The Kier molecular flexibility index (Phi) is 3.44. The Balaban J connectivity index is 2.21. The molecule has 88 valence electrons. The van der Waals surface area contributed by atoms with Crippen LogP contribution < -0.4 is 4.90 Å². The van der Waals surface area contributed by atoms with E-state index in [-0.39, 0.29) is 6.61 Å². The molecule has 1 saturated heterocycles. The number of piperidine rings is 1. The van der Waals surface area contributed by atoms with E-state index in [1.165, 1.54) is 18.5 Å². The topological polar surface area (TPSA) is 36.4 Å². The van der Waals surface area contributed by atoms with Gasteiger partial charge < -0.3 is 10.0 Å². The third-order valence-electron chi connectivity index (χ3n) is 3.39. The molecule has 1 aromatic rings. The van der Waals surface area contributed by atoms with Gasteiger partial charge in [-0.25, -0.2) is 0 Å². The van der Waals surface area contributed by atoms with Gasteiger partial charge in [-0.15, -0.1) is 0 Å². The van der Waals surface area contributed by atoms with E-state index in [1.54, 1.807) is 6.20 Å². The molecule has 1 N–H and O–H groups in total. The Morgan fingerprint density at radius 3 is 2.75 bits per heavy atom. The molecular weight excluding hydrogens is 200 g/mol. The summed E-state index contributed by atoms with van der Waals surface area (Å²) in [6.07, 6.45) is 4.28. The highest BCUT2D eigenvalue weighted by Crippen LogP contribution is 2.26. The molecule has 16 heavy (non-hydrogen) atoms. The fraction of sp³-hybridized carbons (Fsp3) is 0.615. The molecule has 0 aromatic carbocycles. The van der Waals surface area contributed by atoms with Crippen molar-refractivity contribution in [2.24, 2.45) is 5.92 Å². The van der Waals surface area contributed by atoms with E-state index >= 15 is 0 Å². The predicted octanol–water partition coefficient (Wildman–Crippen LogP) is 2.12. The van der Waals surface area contributed by atoms with Crippen molar-refractivity contribution < 1.29 is 5.11 Å². The van der Waals surface area contributed by atoms with E-state index in [2.05, 4.69) is 22.9 Å². The average Bonchev–Trinajstić information content (AvgIpc) is 2.30. The van der Waals surface area contributed by atoms with E-state index in [9.17, 15) is 5.11 Å². The number of pyridine rings is 1. The zero-order valence-electron chi connectivity index (χ0n) is 10.1. The normalized spacial score (nSPS) is 17.8. The van der Waals surface area contributed by atoms with Crippen molar-refractivity contribution in [3.8, 4) is 0 Å². The van der Waals surface area contributed by atoms with Crippen molar-refractivity contribution in [2.45, 2.75) is 33.3 Å². The summed E-state index contributed by atoms with van der Waals surface area (Å²) in [6, 6.07) is 2.08. The lowest BCUT2D eigenvalue weighted by atomic mass is 9.98. The summed E-state index contributed by atoms with van der Waals surface area (Å²) in [7, 11) is 0. The summed E-state index contributed by atoms with van der Waals surface area (Å²) >= 11 is 0. The maximum absolute atomic E-state index is 9.33. The fourth-order valence-corrected chi connectivity index (χ4v) is 2.24. The molecule has 0 unspecified atom stereocenters. The molecule has 1 aliphatic rings. The summed E-state index contributed by atoms with van der Waals surface area (Å²) in [5.41, 5.74) is 3.13. The number of hydrogen-bond donors (Lipinski definition) is 1. The maximum atomic E-state index is 9.33. The monoisotopic (exact) mass is 220 g/mol. The molecule has 0 atom stereocenters. The van der Waals surface area contributed by atoms with Crippen LogP contribution in [0.1, 0.15) is 31.0 Å². The SMILES string of the molecule is Cc1cc(N2CCC(C)CC2)c(CO)cn1. The number of nitrogens with zero attached hydrogens (tertiary/aromatic N) is 2. The third kappa shape index (κ3) is 2.35. The molecule has 3 heteroatoms. The summed E-state index contributed by atoms with van der Waals surface area (Å²) < 4.78 is 0. The van der Waals surface area contributed by atoms with E-state index in [0.717, 1.165) is 30.3 Å². The minimum Gasteiger partial charge on any atom is -0.392 e. The van der Waals surface area contributed by atoms with Crippen LogP contribution in [0.25, 0.3) is 0 Å². The lowest BCUT2D eigenvalue weighted by Gasteiger charge is -2.33. The zero-order chi connectivity index (χ0) is 11.5. The number of rotatable bonds is 2. The molecule has 2 heterocycles. The Morgan fingerprint density at radius 1 is 1.44 bits per heavy atom. The van der Waals surface area contributed by atoms with Gasteiger partial charge in [-0.05, 0) is 31.7 Å². The molecular formula is C13H20N2O. The van der Waals surface area contributed by atoms with Crippen molar-refractivity contribution >= 4 is 5.69 Å². The number of aromatic nitrogens is 1. The highest BCUT2D eigenvalue weighted by molar-refractivity contribution is 5.53. The van der Waals surface area contributed by atoms with Gasteiger partial charge in [0.1, 0.15) is 0 Å². The smallest absolute Gasteiger partial charge is 0.0717 e. The van der Waals surface area contributed by atoms with Crippen LogP contribution in [0.15, 0.2) is 12.3 Å². The Labute approximate surface area is 97.1 Å². The van der Waals surface area contributed by atoms with E-state index < -0.39 is 0 Å². The van der Waals surface area contributed by atoms with Gasteiger partial charge >= 0.3 is 0 Å². The van der Waals surface area contributed by atoms with Gasteiger partial charge in [0.25, 0.3) is 0 Å². The molecule has 3 nitrogen and oxygen atoms in total. The largest absolute Gasteiger partial charge is 0.392 e. The Hall–Kier alpha value is -1.09. The van der Waals surface area contributed by atoms with Gasteiger partial charge in [0, 0.05) is 36.2 Å². The number of aryl methyl sites for hydroxylation is 1. The first-order valence-corrected chi connectivity index (χ1v) is 6.02. The summed E-state index contributed by atoms with van der Waals surface area (Å²) in [5, 5.41) is 9.33. The Bertz CT molecular complexity index is 357. The molecule has 2 rings (SSSR count). The molecule has 1 aromatic heterocycles. The fourth-order valence-electron chi connectivity index (χ4n) is 2.24. The van der Waals surface area contributed by atoms with E-state index in [1.807, 2.05) is 6.92 Å². The standard InChI is InChI=1S/C13H20N2O/c1-10-3-5-15(6-4-10)13-7-11(2)14-8-12(13)9-16/h7-8,10,16H,3-6,9H2,1-2H3. The van der Waals surface area contributed by atoms with Crippen molar-refractivity contribution in [1.82, 2.24) is 4.98 Å². The number of hydrogen-bond acceptors (Lipinski definition) is 3. The predicted molar refractivity (Wildman–Crippen MR) is 65.5 cm³/mol. The van der Waals surface area contributed by atoms with Crippen molar-refractivity contribution in [3.63, 3.8) is 0 Å². The summed E-state index contributed by atoms with van der Waals surface area (Å²) in [5.74, 6) is 0.830. The van der Waals surface area contributed by atoms with Crippen LogP contribution >= 0.6 is 0 Å². The second-order valence-electron chi connectivity index (χ2n) is 4.78. The number of anilines is 1. The van der Waals surface area contributed by atoms with Gasteiger partial charge in [-0.2, -0.15) is 0 Å². The van der Waals surface area contributed by atoms with Crippen LogP contribution in [0.2, 0.25) is 0 Å². The molecule has 0 saturated carbocycles. The van der Waals surface area contributed by atoms with Crippen LogP contribution in [0.3, 0.4) is 0 Å². The molecule has 0 aliphatic carbocycles. The zero-order valence-corrected chi connectivity index (χ0v) is 10.1. The van der Waals surface area contributed by atoms with E-state index in [4.69, 9.17) is 0 Å². The van der Waals surface area contributed by atoms with Crippen LogP contribution in [-0.4, -0.2) is 23.2 Å². The lowest BCUT2D eigenvalue weighted by molar-refractivity contribution is 0.281.